The molecule has 0 bridgehead atoms. The van der Waals surface area contributed by atoms with Crippen LogP contribution in [-0.2, 0) is 11.3 Å². The van der Waals surface area contributed by atoms with Gasteiger partial charge in [0, 0.05) is 30.8 Å². The summed E-state index contributed by atoms with van der Waals surface area (Å²) in [4.78, 5) is 19.3. The van der Waals surface area contributed by atoms with E-state index < -0.39 is 11.6 Å². The summed E-state index contributed by atoms with van der Waals surface area (Å²) in [5.41, 5.74) is 1.24. The number of amides is 1. The van der Waals surface area contributed by atoms with Gasteiger partial charge in [-0.15, -0.1) is 0 Å². The van der Waals surface area contributed by atoms with Crippen molar-refractivity contribution < 1.29 is 13.6 Å². The Balaban J connectivity index is 1.49. The van der Waals surface area contributed by atoms with Crippen LogP contribution >= 0.6 is 0 Å². The lowest BCUT2D eigenvalue weighted by atomic mass is 9.83. The highest BCUT2D eigenvalue weighted by molar-refractivity contribution is 5.79. The Bertz CT molecular complexity index is 841. The molecule has 1 saturated heterocycles. The number of benzene rings is 1. The van der Waals surface area contributed by atoms with E-state index in [0.29, 0.717) is 18.7 Å². The second kappa shape index (κ2) is 8.99. The van der Waals surface area contributed by atoms with Crippen molar-refractivity contribution >= 4 is 5.91 Å². The van der Waals surface area contributed by atoms with Crippen molar-refractivity contribution in [3.63, 3.8) is 0 Å². The minimum absolute atomic E-state index is 0.111. The number of aromatic nitrogens is 1. The zero-order valence-corrected chi connectivity index (χ0v) is 16.5. The third kappa shape index (κ3) is 4.64. The second-order valence-corrected chi connectivity index (χ2v) is 8.22. The number of carbonyl (C=O) groups excluding carboxylic acids is 1. The first-order valence-corrected chi connectivity index (χ1v) is 10.5. The molecule has 4 nitrogen and oxygen atoms in total. The predicted octanol–water partition coefficient (Wildman–Crippen LogP) is 4.23. The third-order valence-corrected chi connectivity index (χ3v) is 6.22. The number of hydrogen-bond acceptors (Lipinski definition) is 3. The Kier molecular flexibility index (Phi) is 6.19. The number of rotatable bonds is 6. The Morgan fingerprint density at radius 2 is 2.00 bits per heavy atom. The molecule has 1 aromatic heterocycles. The van der Waals surface area contributed by atoms with Gasteiger partial charge in [-0.3, -0.25) is 14.7 Å². The smallest absolute Gasteiger partial charge is 0.223 e. The average Bonchev–Trinajstić information content (AvgIpc) is 2.69. The number of carbonyl (C=O) groups is 1. The van der Waals surface area contributed by atoms with Crippen molar-refractivity contribution in [3.05, 3.63) is 65.5 Å². The van der Waals surface area contributed by atoms with Crippen LogP contribution in [0.3, 0.4) is 0 Å². The maximum atomic E-state index is 14.1. The molecule has 2 atom stereocenters. The molecule has 6 heteroatoms. The van der Waals surface area contributed by atoms with E-state index in [4.69, 9.17) is 0 Å². The highest BCUT2D eigenvalue weighted by Gasteiger charge is 2.33. The largest absolute Gasteiger partial charge is 0.347 e. The Morgan fingerprint density at radius 3 is 2.72 bits per heavy atom. The number of likely N-dealkylation sites (tertiary alicyclic amines) is 1. The van der Waals surface area contributed by atoms with E-state index in [-0.39, 0.29) is 23.8 Å². The molecule has 154 valence electrons. The fraction of sp³-hybridized carbons (Fsp3) is 0.478. The summed E-state index contributed by atoms with van der Waals surface area (Å²) in [6.45, 7) is 1.91. The number of hydrogen-bond donors (Lipinski definition) is 1. The van der Waals surface area contributed by atoms with Gasteiger partial charge in [-0.05, 0) is 56.3 Å². The molecule has 4 rings (SSSR count). The fourth-order valence-corrected chi connectivity index (χ4v) is 4.35. The molecule has 0 spiro atoms. The molecular weight excluding hydrogens is 372 g/mol. The Morgan fingerprint density at radius 1 is 1.14 bits per heavy atom. The molecule has 2 heterocycles. The van der Waals surface area contributed by atoms with Crippen molar-refractivity contribution in [2.24, 2.45) is 11.8 Å². The van der Waals surface area contributed by atoms with E-state index in [9.17, 15) is 13.6 Å². The summed E-state index contributed by atoms with van der Waals surface area (Å²) in [5, 5.41) is 3.25. The highest BCUT2D eigenvalue weighted by Crippen LogP contribution is 2.32. The van der Waals surface area contributed by atoms with E-state index in [0.717, 1.165) is 50.4 Å². The molecule has 1 aliphatic carbocycles. The molecule has 1 aliphatic heterocycles. The van der Waals surface area contributed by atoms with Crippen molar-refractivity contribution in [2.75, 3.05) is 13.1 Å². The first-order valence-electron chi connectivity index (χ1n) is 10.5. The second-order valence-electron chi connectivity index (χ2n) is 8.22. The Labute approximate surface area is 170 Å². The first-order chi connectivity index (χ1) is 14.1. The summed E-state index contributed by atoms with van der Waals surface area (Å²) < 4.78 is 27.7. The summed E-state index contributed by atoms with van der Waals surface area (Å²) in [5.74, 6) is -1.17. The zero-order chi connectivity index (χ0) is 20.2. The van der Waals surface area contributed by atoms with Gasteiger partial charge in [-0.25, -0.2) is 8.78 Å². The van der Waals surface area contributed by atoms with Gasteiger partial charge in [0.2, 0.25) is 5.91 Å². The van der Waals surface area contributed by atoms with Crippen LogP contribution in [0.15, 0.2) is 42.6 Å². The maximum Gasteiger partial charge on any atom is 0.223 e. The third-order valence-electron chi connectivity index (χ3n) is 6.22. The number of pyridine rings is 1. The van der Waals surface area contributed by atoms with E-state index in [1.807, 2.05) is 18.2 Å². The lowest BCUT2D eigenvalue weighted by molar-refractivity contribution is -0.128. The summed E-state index contributed by atoms with van der Waals surface area (Å²) in [6.07, 6.45) is 6.69. The minimum Gasteiger partial charge on any atom is -0.347 e. The molecule has 2 fully saturated rings. The van der Waals surface area contributed by atoms with Crippen molar-refractivity contribution in [1.29, 1.82) is 0 Å². The van der Waals surface area contributed by atoms with Crippen LogP contribution in [0.2, 0.25) is 0 Å². The van der Waals surface area contributed by atoms with Gasteiger partial charge < -0.3 is 5.32 Å². The SMILES string of the molecule is O=C(NC(c1ccccn1)C1CCCN(Cc2cccc(F)c2F)C1)C1CCC1. The van der Waals surface area contributed by atoms with Crippen LogP contribution in [0.5, 0.6) is 0 Å². The molecule has 2 unspecified atom stereocenters. The Hall–Kier alpha value is -2.34. The van der Waals surface area contributed by atoms with Crippen LogP contribution in [-0.4, -0.2) is 28.9 Å². The zero-order valence-electron chi connectivity index (χ0n) is 16.5. The van der Waals surface area contributed by atoms with Gasteiger partial charge in [0.15, 0.2) is 11.6 Å². The number of nitrogens with zero attached hydrogens (tertiary/aromatic N) is 2. The van der Waals surface area contributed by atoms with Crippen molar-refractivity contribution in [3.8, 4) is 0 Å². The standard InChI is InChI=1S/C23H27F2N3O/c24-19-10-4-8-17(21(19)25)14-28-13-5-9-18(15-28)22(20-11-1-2-12-26-20)27-23(29)16-6-3-7-16/h1-2,4,8,10-12,16,18,22H,3,5-7,9,13-15H2,(H,27,29). The van der Waals surface area contributed by atoms with E-state index >= 15 is 0 Å². The monoisotopic (exact) mass is 399 g/mol. The minimum atomic E-state index is -0.810. The molecule has 1 aromatic carbocycles. The van der Waals surface area contributed by atoms with E-state index in [1.54, 1.807) is 18.3 Å². The van der Waals surface area contributed by atoms with Gasteiger partial charge in [-0.1, -0.05) is 24.6 Å². The van der Waals surface area contributed by atoms with Crippen molar-refractivity contribution in [2.45, 2.75) is 44.7 Å². The highest BCUT2D eigenvalue weighted by atomic mass is 19.2. The van der Waals surface area contributed by atoms with Crippen LogP contribution < -0.4 is 5.32 Å². The lowest BCUT2D eigenvalue weighted by Crippen LogP contribution is -2.45. The number of halogens is 2. The number of piperidine rings is 1. The van der Waals surface area contributed by atoms with Gasteiger partial charge >= 0.3 is 0 Å². The number of nitrogens with one attached hydrogen (secondary N) is 1. The quantitative estimate of drug-likeness (QED) is 0.791. The van der Waals surface area contributed by atoms with Gasteiger partial charge in [-0.2, -0.15) is 0 Å². The van der Waals surface area contributed by atoms with Crippen LogP contribution in [0.1, 0.15) is 49.4 Å². The maximum absolute atomic E-state index is 14.1. The topological polar surface area (TPSA) is 45.2 Å². The summed E-state index contributed by atoms with van der Waals surface area (Å²) in [7, 11) is 0. The molecular formula is C23H27F2N3O. The summed E-state index contributed by atoms with van der Waals surface area (Å²) in [6, 6.07) is 9.93. The van der Waals surface area contributed by atoms with Gasteiger partial charge in [0.05, 0.1) is 11.7 Å². The van der Waals surface area contributed by atoms with Gasteiger partial charge in [0.25, 0.3) is 0 Å². The lowest BCUT2D eigenvalue weighted by Gasteiger charge is -2.38. The molecule has 1 amide bonds. The molecule has 29 heavy (non-hydrogen) atoms. The molecule has 1 N–H and O–H groups in total. The fourth-order valence-electron chi connectivity index (χ4n) is 4.35. The average molecular weight is 399 g/mol. The normalized spacial score (nSPS) is 21.4. The van der Waals surface area contributed by atoms with Crippen LogP contribution in [0.4, 0.5) is 8.78 Å². The van der Waals surface area contributed by atoms with Crippen molar-refractivity contribution in [1.82, 2.24) is 15.2 Å². The molecule has 2 aromatic rings. The molecule has 0 radical (unpaired) electrons. The van der Waals surface area contributed by atoms with E-state index in [2.05, 4.69) is 15.2 Å². The molecule has 2 aliphatic rings. The summed E-state index contributed by atoms with van der Waals surface area (Å²) >= 11 is 0. The van der Waals surface area contributed by atoms with E-state index in [1.165, 1.54) is 0 Å². The van der Waals surface area contributed by atoms with Gasteiger partial charge in [0.1, 0.15) is 0 Å². The van der Waals surface area contributed by atoms with Crippen LogP contribution in [0, 0.1) is 23.5 Å². The first kappa shape index (κ1) is 20.0. The predicted molar refractivity (Wildman–Crippen MR) is 107 cm³/mol. The molecule has 1 saturated carbocycles. The van der Waals surface area contributed by atoms with Crippen LogP contribution in [0.25, 0.3) is 0 Å².